The van der Waals surface area contributed by atoms with Gasteiger partial charge in [0, 0.05) is 27.2 Å². The Kier molecular flexibility index (Phi) is 8.48. The molecule has 2 aromatic rings. The number of rotatable bonds is 9. The highest BCUT2D eigenvalue weighted by Gasteiger charge is 2.20. The van der Waals surface area contributed by atoms with Crippen LogP contribution in [0.3, 0.4) is 0 Å². The average molecular weight is 419 g/mol. The molecule has 0 aliphatic rings. The maximum absolute atomic E-state index is 12.5. The van der Waals surface area contributed by atoms with Crippen molar-refractivity contribution in [3.63, 3.8) is 0 Å². The lowest BCUT2D eigenvalue weighted by Gasteiger charge is -2.15. The molecule has 0 aromatic heterocycles. The van der Waals surface area contributed by atoms with Gasteiger partial charge in [0.15, 0.2) is 5.96 Å². The van der Waals surface area contributed by atoms with Gasteiger partial charge in [-0.3, -0.25) is 0 Å². The topological polar surface area (TPSA) is 83.0 Å². The predicted molar refractivity (Wildman–Crippen MR) is 117 cm³/mol. The molecule has 29 heavy (non-hydrogen) atoms. The summed E-state index contributed by atoms with van der Waals surface area (Å²) in [4.78, 5) is 4.85. The minimum atomic E-state index is -3.51. The summed E-state index contributed by atoms with van der Waals surface area (Å²) in [6, 6.07) is 14.9. The molecule has 2 rings (SSSR count). The Labute approximate surface area is 173 Å². The number of ether oxygens (including phenoxy) is 1. The molecule has 0 heterocycles. The van der Waals surface area contributed by atoms with Crippen LogP contribution in [0.1, 0.15) is 18.1 Å². The molecule has 0 spiro atoms. The van der Waals surface area contributed by atoms with Crippen molar-refractivity contribution in [1.82, 2.24) is 14.9 Å². The molecule has 0 amide bonds. The largest absolute Gasteiger partial charge is 0.497 e. The molecule has 0 saturated carbocycles. The van der Waals surface area contributed by atoms with E-state index in [1.54, 1.807) is 25.3 Å². The smallest absolute Gasteiger partial charge is 0.242 e. The van der Waals surface area contributed by atoms with Crippen LogP contribution in [0.4, 0.5) is 0 Å². The zero-order valence-electron chi connectivity index (χ0n) is 17.5. The fourth-order valence-electron chi connectivity index (χ4n) is 2.71. The number of nitrogens with zero attached hydrogens (tertiary/aromatic N) is 2. The third kappa shape index (κ3) is 6.47. The molecule has 0 aliphatic carbocycles. The fourth-order valence-corrected chi connectivity index (χ4v) is 3.81. The van der Waals surface area contributed by atoms with Crippen LogP contribution in [0.15, 0.2) is 58.4 Å². The van der Waals surface area contributed by atoms with Crippen molar-refractivity contribution in [3.8, 4) is 5.75 Å². The van der Waals surface area contributed by atoms with E-state index in [2.05, 4.69) is 15.6 Å². The average Bonchev–Trinajstić information content (AvgIpc) is 2.72. The molecular weight excluding hydrogens is 388 g/mol. The van der Waals surface area contributed by atoms with Crippen LogP contribution >= 0.6 is 0 Å². The minimum absolute atomic E-state index is 0.265. The number of hydrogen-bond donors (Lipinski definition) is 2. The number of benzene rings is 2. The van der Waals surface area contributed by atoms with Crippen molar-refractivity contribution >= 4 is 16.0 Å². The molecule has 158 valence electrons. The molecular formula is C21H30N4O3S. The summed E-state index contributed by atoms with van der Waals surface area (Å²) >= 11 is 0. The van der Waals surface area contributed by atoms with Crippen molar-refractivity contribution in [3.05, 3.63) is 59.7 Å². The molecule has 2 N–H and O–H groups in total. The van der Waals surface area contributed by atoms with E-state index in [9.17, 15) is 8.42 Å². The Balaban J connectivity index is 2.05. The molecule has 0 radical (unpaired) electrons. The van der Waals surface area contributed by atoms with E-state index in [-0.39, 0.29) is 11.4 Å². The number of nitrogens with one attached hydrogen (secondary N) is 2. The maximum Gasteiger partial charge on any atom is 0.242 e. The number of aliphatic imine (C=N–C) groups is 1. The first-order valence-electron chi connectivity index (χ1n) is 9.54. The number of guanidine groups is 1. The van der Waals surface area contributed by atoms with Gasteiger partial charge in [0.1, 0.15) is 5.75 Å². The van der Waals surface area contributed by atoms with Gasteiger partial charge in [0.25, 0.3) is 0 Å². The van der Waals surface area contributed by atoms with E-state index in [1.807, 2.05) is 37.3 Å². The van der Waals surface area contributed by atoms with E-state index in [0.717, 1.165) is 12.2 Å². The van der Waals surface area contributed by atoms with Crippen LogP contribution in [0.25, 0.3) is 0 Å². The van der Waals surface area contributed by atoms with Crippen LogP contribution < -0.4 is 15.4 Å². The highest BCUT2D eigenvalue weighted by molar-refractivity contribution is 7.89. The third-order valence-electron chi connectivity index (χ3n) is 4.35. The van der Waals surface area contributed by atoms with Gasteiger partial charge in [-0.1, -0.05) is 30.3 Å². The lowest BCUT2D eigenvalue weighted by Crippen LogP contribution is -2.38. The van der Waals surface area contributed by atoms with Crippen molar-refractivity contribution in [2.75, 3.05) is 34.3 Å². The summed E-state index contributed by atoms with van der Waals surface area (Å²) in [5.74, 6) is 1.49. The van der Waals surface area contributed by atoms with Gasteiger partial charge >= 0.3 is 0 Å². The Morgan fingerprint density at radius 2 is 1.76 bits per heavy atom. The first-order chi connectivity index (χ1) is 13.9. The number of hydrogen-bond acceptors (Lipinski definition) is 4. The van der Waals surface area contributed by atoms with Crippen LogP contribution in [0, 0.1) is 0 Å². The predicted octanol–water partition coefficient (Wildman–Crippen LogP) is 2.24. The van der Waals surface area contributed by atoms with E-state index >= 15 is 0 Å². The second-order valence-electron chi connectivity index (χ2n) is 6.62. The van der Waals surface area contributed by atoms with Crippen LogP contribution in [0.5, 0.6) is 5.75 Å². The highest BCUT2D eigenvalue weighted by Crippen LogP contribution is 2.19. The van der Waals surface area contributed by atoms with Gasteiger partial charge in [-0.05, 0) is 42.7 Å². The van der Waals surface area contributed by atoms with Crippen molar-refractivity contribution in [2.45, 2.75) is 24.8 Å². The van der Waals surface area contributed by atoms with Gasteiger partial charge in [-0.15, -0.1) is 0 Å². The van der Waals surface area contributed by atoms with E-state index in [1.165, 1.54) is 24.0 Å². The summed E-state index contributed by atoms with van der Waals surface area (Å²) < 4.78 is 31.5. The van der Waals surface area contributed by atoms with Crippen LogP contribution in [-0.2, 0) is 23.0 Å². The van der Waals surface area contributed by atoms with Gasteiger partial charge < -0.3 is 15.4 Å². The second-order valence-corrected chi connectivity index (χ2v) is 8.74. The first-order valence-corrected chi connectivity index (χ1v) is 11.0. The second kappa shape index (κ2) is 10.8. The monoisotopic (exact) mass is 418 g/mol. The van der Waals surface area contributed by atoms with Crippen LogP contribution in [-0.4, -0.2) is 53.0 Å². The Bertz CT molecular complexity index is 910. The van der Waals surface area contributed by atoms with E-state index < -0.39 is 10.0 Å². The molecule has 7 nitrogen and oxygen atoms in total. The highest BCUT2D eigenvalue weighted by atomic mass is 32.2. The van der Waals surface area contributed by atoms with E-state index in [0.29, 0.717) is 24.6 Å². The third-order valence-corrected chi connectivity index (χ3v) is 6.26. The zero-order valence-corrected chi connectivity index (χ0v) is 18.3. The maximum atomic E-state index is 12.5. The standard InChI is InChI=1S/C21H30N4O3S/c1-5-22-21(23-15-14-17-10-12-19(28-4)13-11-17)24-16-18-8-6-7-9-20(18)29(26,27)25(2)3/h6-13H,5,14-16H2,1-4H3,(H2,22,23,24). The molecule has 0 saturated heterocycles. The molecule has 0 unspecified atom stereocenters. The van der Waals surface area contributed by atoms with Crippen molar-refractivity contribution in [1.29, 1.82) is 0 Å². The van der Waals surface area contributed by atoms with Crippen molar-refractivity contribution in [2.24, 2.45) is 4.99 Å². The van der Waals surface area contributed by atoms with Gasteiger partial charge in [-0.25, -0.2) is 17.7 Å². The van der Waals surface area contributed by atoms with Crippen molar-refractivity contribution < 1.29 is 13.2 Å². The lowest BCUT2D eigenvalue weighted by molar-refractivity contribution is 0.414. The molecule has 0 aliphatic heterocycles. The number of methoxy groups -OCH3 is 1. The molecule has 0 bridgehead atoms. The van der Waals surface area contributed by atoms with Crippen LogP contribution in [0.2, 0.25) is 0 Å². The summed E-state index contributed by atoms with van der Waals surface area (Å²) in [7, 11) is 1.19. The van der Waals surface area contributed by atoms with Gasteiger partial charge in [0.2, 0.25) is 10.0 Å². The fraction of sp³-hybridized carbons (Fsp3) is 0.381. The summed E-state index contributed by atoms with van der Waals surface area (Å²) in [6.45, 7) is 3.67. The first kappa shape index (κ1) is 22.7. The Hall–Kier alpha value is -2.58. The summed E-state index contributed by atoms with van der Waals surface area (Å²) in [5.41, 5.74) is 1.85. The summed E-state index contributed by atoms with van der Waals surface area (Å²) in [6.07, 6.45) is 0.833. The minimum Gasteiger partial charge on any atom is -0.497 e. The molecule has 0 fully saturated rings. The Morgan fingerprint density at radius 3 is 2.38 bits per heavy atom. The normalized spacial score (nSPS) is 12.1. The summed E-state index contributed by atoms with van der Waals surface area (Å²) in [5, 5.41) is 6.49. The SMILES string of the molecule is CCNC(=NCc1ccccc1S(=O)(=O)N(C)C)NCCc1ccc(OC)cc1. The number of sulfonamides is 1. The lowest BCUT2D eigenvalue weighted by atomic mass is 10.1. The molecule has 2 aromatic carbocycles. The Morgan fingerprint density at radius 1 is 1.07 bits per heavy atom. The van der Waals surface area contributed by atoms with Gasteiger partial charge in [0.05, 0.1) is 18.6 Å². The quantitative estimate of drug-likeness (QED) is 0.482. The molecule has 0 atom stereocenters. The zero-order chi connectivity index (χ0) is 21.3. The van der Waals surface area contributed by atoms with Gasteiger partial charge in [-0.2, -0.15) is 0 Å². The van der Waals surface area contributed by atoms with E-state index in [4.69, 9.17) is 4.74 Å². The molecule has 8 heteroatoms.